The maximum atomic E-state index is 11.2. The van der Waals surface area contributed by atoms with Crippen LogP contribution < -0.4 is 5.73 Å². The van der Waals surface area contributed by atoms with Crippen molar-refractivity contribution in [3.63, 3.8) is 0 Å². The molecule has 0 aliphatic rings. The van der Waals surface area contributed by atoms with Gasteiger partial charge in [0.25, 0.3) is 5.91 Å². The van der Waals surface area contributed by atoms with Gasteiger partial charge in [-0.25, -0.2) is 4.52 Å². The normalized spacial score (nSPS) is 10.8. The molecule has 17 heavy (non-hydrogen) atoms. The van der Waals surface area contributed by atoms with E-state index >= 15 is 0 Å². The third kappa shape index (κ3) is 1.46. The van der Waals surface area contributed by atoms with Crippen molar-refractivity contribution < 1.29 is 4.79 Å². The fourth-order valence-electron chi connectivity index (χ4n) is 1.76. The number of carbonyl (C=O) groups is 1. The van der Waals surface area contributed by atoms with Gasteiger partial charge in [0.1, 0.15) is 0 Å². The molecule has 0 saturated carbocycles. The highest BCUT2D eigenvalue weighted by Gasteiger charge is 2.10. The largest absolute Gasteiger partial charge is 0.365 e. The molecule has 0 bridgehead atoms. The summed E-state index contributed by atoms with van der Waals surface area (Å²) in [5.74, 6) is -0.482. The Balaban J connectivity index is 2.24. The maximum absolute atomic E-state index is 11.2. The van der Waals surface area contributed by atoms with Crippen LogP contribution in [0.4, 0.5) is 0 Å². The van der Waals surface area contributed by atoms with E-state index in [1.54, 1.807) is 23.1 Å². The number of amides is 1. The summed E-state index contributed by atoms with van der Waals surface area (Å²) in [5, 5.41) is 10.7. The Morgan fingerprint density at radius 3 is 2.94 bits per heavy atom. The summed E-state index contributed by atoms with van der Waals surface area (Å²) in [6.45, 7) is 0. The number of fused-ring (bicyclic) bond motifs is 1. The lowest BCUT2D eigenvalue weighted by molar-refractivity contribution is 0.100. The van der Waals surface area contributed by atoms with E-state index in [1.807, 2.05) is 12.1 Å². The third-order valence-electron chi connectivity index (χ3n) is 2.62. The first-order valence-electron chi connectivity index (χ1n) is 5.02. The molecule has 0 fully saturated rings. The molecule has 0 atom stereocenters. The molecule has 0 spiro atoms. The van der Waals surface area contributed by atoms with E-state index in [-0.39, 0.29) is 0 Å². The average molecular weight is 227 g/mol. The Morgan fingerprint density at radius 2 is 2.24 bits per heavy atom. The van der Waals surface area contributed by atoms with Crippen molar-refractivity contribution in [2.45, 2.75) is 0 Å². The van der Waals surface area contributed by atoms with Crippen molar-refractivity contribution in [1.82, 2.24) is 19.8 Å². The van der Waals surface area contributed by atoms with Crippen molar-refractivity contribution in [3.8, 4) is 11.1 Å². The van der Waals surface area contributed by atoms with Crippen LogP contribution in [0.25, 0.3) is 16.6 Å². The second-order valence-electron chi connectivity index (χ2n) is 3.65. The zero-order valence-electron chi connectivity index (χ0n) is 8.79. The van der Waals surface area contributed by atoms with Gasteiger partial charge in [0, 0.05) is 18.0 Å². The van der Waals surface area contributed by atoms with Crippen molar-refractivity contribution >= 4 is 11.4 Å². The molecule has 3 aromatic rings. The molecule has 0 radical (unpaired) electrons. The predicted molar refractivity (Wildman–Crippen MR) is 61.3 cm³/mol. The highest BCUT2D eigenvalue weighted by molar-refractivity contribution is 6.00. The van der Waals surface area contributed by atoms with E-state index in [0.29, 0.717) is 11.1 Å². The Kier molecular flexibility index (Phi) is 1.94. The first-order valence-corrected chi connectivity index (χ1v) is 5.02. The second kappa shape index (κ2) is 3.44. The Bertz CT molecular complexity index is 683. The van der Waals surface area contributed by atoms with Gasteiger partial charge in [-0.15, -0.1) is 0 Å². The number of hydrogen-bond donors (Lipinski definition) is 2. The summed E-state index contributed by atoms with van der Waals surface area (Å²) in [7, 11) is 0. The van der Waals surface area contributed by atoms with Crippen LogP contribution >= 0.6 is 0 Å². The molecule has 3 heterocycles. The quantitative estimate of drug-likeness (QED) is 0.679. The van der Waals surface area contributed by atoms with Gasteiger partial charge in [0.2, 0.25) is 0 Å². The summed E-state index contributed by atoms with van der Waals surface area (Å²) < 4.78 is 1.61. The fraction of sp³-hybridized carbons (Fsp3) is 0. The summed E-state index contributed by atoms with van der Waals surface area (Å²) in [6.07, 6.45) is 6.75. The van der Waals surface area contributed by atoms with E-state index in [4.69, 9.17) is 5.73 Å². The SMILES string of the molecule is NC(=O)c1cnn2ccc(-c3cn[nH]c3)cc12. The number of H-pyrrole nitrogens is 1. The number of aromatic nitrogens is 4. The lowest BCUT2D eigenvalue weighted by Gasteiger charge is -1.99. The van der Waals surface area contributed by atoms with Crippen molar-refractivity contribution in [3.05, 3.63) is 42.5 Å². The minimum absolute atomic E-state index is 0.412. The summed E-state index contributed by atoms with van der Waals surface area (Å²) in [4.78, 5) is 11.2. The molecule has 1 amide bonds. The lowest BCUT2D eigenvalue weighted by Crippen LogP contribution is -2.10. The van der Waals surface area contributed by atoms with Crippen LogP contribution in [0.5, 0.6) is 0 Å². The molecule has 0 aliphatic carbocycles. The van der Waals surface area contributed by atoms with Crippen LogP contribution in [0.2, 0.25) is 0 Å². The zero-order chi connectivity index (χ0) is 11.8. The topological polar surface area (TPSA) is 89.1 Å². The highest BCUT2D eigenvalue weighted by Crippen LogP contribution is 2.21. The minimum Gasteiger partial charge on any atom is -0.365 e. The molecule has 0 aliphatic heterocycles. The van der Waals surface area contributed by atoms with Crippen molar-refractivity contribution in [2.24, 2.45) is 5.73 Å². The first-order chi connectivity index (χ1) is 8.25. The van der Waals surface area contributed by atoms with Gasteiger partial charge in [-0.2, -0.15) is 10.2 Å². The standard InChI is InChI=1S/C11H9N5O/c12-11(17)9-6-15-16-2-1-7(3-10(9)16)8-4-13-14-5-8/h1-6H,(H2,12,17)(H,13,14). The van der Waals surface area contributed by atoms with Gasteiger partial charge in [-0.3, -0.25) is 9.89 Å². The van der Waals surface area contributed by atoms with Crippen LogP contribution in [0, 0.1) is 0 Å². The van der Waals surface area contributed by atoms with Gasteiger partial charge in [-0.1, -0.05) is 0 Å². The average Bonchev–Trinajstić information content (AvgIpc) is 2.97. The minimum atomic E-state index is -0.482. The van der Waals surface area contributed by atoms with Gasteiger partial charge in [0.05, 0.1) is 23.5 Å². The van der Waals surface area contributed by atoms with Crippen LogP contribution in [0.1, 0.15) is 10.4 Å². The van der Waals surface area contributed by atoms with Gasteiger partial charge in [0.15, 0.2) is 0 Å². The highest BCUT2D eigenvalue weighted by atomic mass is 16.1. The maximum Gasteiger partial charge on any atom is 0.252 e. The summed E-state index contributed by atoms with van der Waals surface area (Å²) >= 11 is 0. The molecule has 6 heteroatoms. The molecule has 3 aromatic heterocycles. The molecule has 0 unspecified atom stereocenters. The monoisotopic (exact) mass is 227 g/mol. The number of nitrogens with one attached hydrogen (secondary N) is 1. The number of aromatic amines is 1. The molecule has 0 saturated heterocycles. The molecular formula is C11H9N5O. The van der Waals surface area contributed by atoms with Crippen LogP contribution in [-0.4, -0.2) is 25.7 Å². The van der Waals surface area contributed by atoms with Gasteiger partial charge < -0.3 is 5.73 Å². The lowest BCUT2D eigenvalue weighted by atomic mass is 10.1. The van der Waals surface area contributed by atoms with Crippen LogP contribution in [-0.2, 0) is 0 Å². The zero-order valence-corrected chi connectivity index (χ0v) is 8.79. The molecule has 3 rings (SSSR count). The molecular weight excluding hydrogens is 218 g/mol. The Labute approximate surface area is 96.1 Å². The van der Waals surface area contributed by atoms with E-state index in [9.17, 15) is 4.79 Å². The van der Waals surface area contributed by atoms with Crippen molar-refractivity contribution in [1.29, 1.82) is 0 Å². The van der Waals surface area contributed by atoms with E-state index in [2.05, 4.69) is 15.3 Å². The number of pyridine rings is 1. The Hall–Kier alpha value is -2.63. The molecule has 3 N–H and O–H groups in total. The fourth-order valence-corrected chi connectivity index (χ4v) is 1.76. The van der Waals surface area contributed by atoms with Gasteiger partial charge in [-0.05, 0) is 17.7 Å². The van der Waals surface area contributed by atoms with Crippen LogP contribution in [0.15, 0.2) is 36.9 Å². The second-order valence-corrected chi connectivity index (χ2v) is 3.65. The van der Waals surface area contributed by atoms with Gasteiger partial charge >= 0.3 is 0 Å². The summed E-state index contributed by atoms with van der Waals surface area (Å²) in [5.41, 5.74) is 8.29. The van der Waals surface area contributed by atoms with Crippen molar-refractivity contribution in [2.75, 3.05) is 0 Å². The van der Waals surface area contributed by atoms with E-state index < -0.39 is 5.91 Å². The number of primary amides is 1. The van der Waals surface area contributed by atoms with E-state index in [1.165, 1.54) is 6.20 Å². The van der Waals surface area contributed by atoms with E-state index in [0.717, 1.165) is 11.1 Å². The predicted octanol–water partition coefficient (Wildman–Crippen LogP) is 0.823. The smallest absolute Gasteiger partial charge is 0.252 e. The number of rotatable bonds is 2. The molecule has 84 valence electrons. The molecule has 0 aromatic carbocycles. The number of nitrogens with zero attached hydrogens (tertiary/aromatic N) is 3. The Morgan fingerprint density at radius 1 is 1.35 bits per heavy atom. The van der Waals surface area contributed by atoms with Crippen LogP contribution in [0.3, 0.4) is 0 Å². The number of hydrogen-bond acceptors (Lipinski definition) is 3. The number of carbonyl (C=O) groups excluding carboxylic acids is 1. The summed E-state index contributed by atoms with van der Waals surface area (Å²) in [6, 6.07) is 3.76. The first kappa shape index (κ1) is 9.59. The molecule has 6 nitrogen and oxygen atoms in total. The third-order valence-corrected chi connectivity index (χ3v) is 2.62. The number of nitrogens with two attached hydrogens (primary N) is 1.